The summed E-state index contributed by atoms with van der Waals surface area (Å²) in [5.74, 6) is -2.58. The van der Waals surface area contributed by atoms with Crippen molar-refractivity contribution in [2.75, 3.05) is 13.2 Å². The van der Waals surface area contributed by atoms with Gasteiger partial charge in [0, 0.05) is 13.5 Å². The third kappa shape index (κ3) is 2.95. The molecule has 1 fully saturated rings. The van der Waals surface area contributed by atoms with E-state index in [1.807, 2.05) is 0 Å². The van der Waals surface area contributed by atoms with E-state index in [-0.39, 0.29) is 6.61 Å². The van der Waals surface area contributed by atoms with Gasteiger partial charge in [-0.2, -0.15) is 0 Å². The van der Waals surface area contributed by atoms with E-state index in [0.29, 0.717) is 23.1 Å². The molecule has 0 unspecified atom stereocenters. The molecule has 2 atom stereocenters. The Morgan fingerprint density at radius 1 is 1.69 bits per heavy atom. The van der Waals surface area contributed by atoms with Crippen LogP contribution in [-0.4, -0.2) is 68.7 Å². The van der Waals surface area contributed by atoms with Crippen molar-refractivity contribution in [3.8, 4) is 0 Å². The van der Waals surface area contributed by atoms with E-state index >= 15 is 0 Å². The zero-order chi connectivity index (χ0) is 12.3. The first kappa shape index (κ1) is 13.0. The highest BCUT2D eigenvalue weighted by atomic mass is 27.1. The van der Waals surface area contributed by atoms with Crippen LogP contribution in [0.1, 0.15) is 6.92 Å². The summed E-state index contributed by atoms with van der Waals surface area (Å²) in [6.07, 6.45) is -2.80. The zero-order valence-corrected chi connectivity index (χ0v) is 11.0. The van der Waals surface area contributed by atoms with E-state index in [4.69, 9.17) is 9.84 Å². The van der Waals surface area contributed by atoms with Crippen LogP contribution < -0.4 is 0 Å². The average molecular weight is 245 g/mol. The molecule has 1 aliphatic heterocycles. The number of hydrogen-bond donors (Lipinski definition) is 1. The van der Waals surface area contributed by atoms with Gasteiger partial charge in [-0.25, -0.2) is 4.79 Å². The number of carbonyl (C=O) groups excluding carboxylic acids is 2. The molecule has 1 amide bonds. The standard InChI is InChI=1S/C8H11NO6.Al.2H/c1-4(10)15-6(8(12)13)5-7(11)9-2-3-14-5;;;/h5-6H,2-3H2,1H3,(H2,9,11,12,13);;;/q;+1;;/p-1/t5-,6-;;;/m1.../s1. The summed E-state index contributed by atoms with van der Waals surface area (Å²) in [6.45, 7) is 1.79. The van der Waals surface area contributed by atoms with Crippen LogP contribution in [-0.2, 0) is 23.9 Å². The van der Waals surface area contributed by atoms with Crippen LogP contribution >= 0.6 is 0 Å². The van der Waals surface area contributed by atoms with E-state index in [0.717, 1.165) is 6.92 Å². The largest absolute Gasteiger partial charge is 0.478 e. The van der Waals surface area contributed by atoms with Crippen molar-refractivity contribution in [3.05, 3.63) is 0 Å². The number of esters is 1. The number of morpholine rings is 1. The fourth-order valence-corrected chi connectivity index (χ4v) is 1.79. The van der Waals surface area contributed by atoms with Gasteiger partial charge in [-0.1, -0.05) is 0 Å². The van der Waals surface area contributed by atoms with Crippen LogP contribution in [0.25, 0.3) is 0 Å². The molecule has 1 rings (SSSR count). The molecule has 0 bridgehead atoms. The minimum absolute atomic E-state index is 0.255. The monoisotopic (exact) mass is 245 g/mol. The Hall–Kier alpha value is -1.10. The van der Waals surface area contributed by atoms with Crippen molar-refractivity contribution in [3.63, 3.8) is 0 Å². The summed E-state index contributed by atoms with van der Waals surface area (Å²) in [5.41, 5.74) is 0. The number of carboxylic acid groups (broad SMARTS) is 1. The maximum absolute atomic E-state index is 11.6. The number of ether oxygens (including phenoxy) is 2. The molecule has 0 aromatic carbocycles. The normalized spacial score (nSPS) is 22.7. The molecular weight excluding hydrogens is 233 g/mol. The second kappa shape index (κ2) is 5.30. The first-order valence-corrected chi connectivity index (χ1v) is 5.59. The molecule has 0 radical (unpaired) electrons. The van der Waals surface area contributed by atoms with Gasteiger partial charge in [0.15, 0.2) is 6.10 Å². The molecule has 0 aliphatic carbocycles. The molecule has 1 heterocycles. The summed E-state index contributed by atoms with van der Waals surface area (Å²) in [4.78, 5) is 33.2. The number of rotatable bonds is 3. The molecule has 1 aliphatic rings. The third-order valence-electron chi connectivity index (χ3n) is 2.16. The molecule has 0 aromatic rings. The highest BCUT2D eigenvalue weighted by molar-refractivity contribution is 6.15. The van der Waals surface area contributed by atoms with Crippen molar-refractivity contribution in [1.29, 1.82) is 0 Å². The van der Waals surface area contributed by atoms with Crippen molar-refractivity contribution in [1.82, 2.24) is 3.88 Å². The lowest BCUT2D eigenvalue weighted by Crippen LogP contribution is -2.54. The van der Waals surface area contributed by atoms with Gasteiger partial charge in [-0.05, 0) is 0 Å². The summed E-state index contributed by atoms with van der Waals surface area (Å²) in [7, 11) is 0. The number of hydrogen-bond acceptors (Lipinski definition) is 5. The number of carboxylic acids is 1. The van der Waals surface area contributed by atoms with Gasteiger partial charge in [0.05, 0.1) is 6.61 Å². The van der Waals surface area contributed by atoms with Gasteiger partial charge in [0.25, 0.3) is 0 Å². The predicted molar refractivity (Wildman–Crippen MR) is 53.2 cm³/mol. The number of carbonyl (C=O) groups is 3. The van der Waals surface area contributed by atoms with Crippen molar-refractivity contribution in [2.45, 2.75) is 19.1 Å². The van der Waals surface area contributed by atoms with Gasteiger partial charge in [-0.15, -0.1) is 0 Å². The summed E-state index contributed by atoms with van der Waals surface area (Å²) in [5, 5.41) is 8.86. The van der Waals surface area contributed by atoms with E-state index < -0.39 is 30.1 Å². The highest BCUT2D eigenvalue weighted by Gasteiger charge is 2.40. The Labute approximate surface area is 99.9 Å². The van der Waals surface area contributed by atoms with E-state index in [2.05, 4.69) is 4.74 Å². The molecule has 0 saturated carbocycles. The zero-order valence-electron chi connectivity index (χ0n) is 9.00. The fourth-order valence-electron chi connectivity index (χ4n) is 1.35. The van der Waals surface area contributed by atoms with Gasteiger partial charge in [0.1, 0.15) is 0 Å². The number of nitrogens with zero attached hydrogens (tertiary/aromatic N) is 1. The lowest BCUT2D eigenvalue weighted by Gasteiger charge is -2.33. The lowest BCUT2D eigenvalue weighted by molar-refractivity contribution is -0.182. The lowest BCUT2D eigenvalue weighted by atomic mass is 10.1. The Bertz CT molecular complexity index is 320. The smallest absolute Gasteiger partial charge is 0.367 e. The molecule has 0 aromatic heterocycles. The number of aliphatic carboxylic acids is 1. The highest BCUT2D eigenvalue weighted by Crippen LogP contribution is 2.12. The average Bonchev–Trinajstić information content (AvgIpc) is 2.18. The third-order valence-corrected chi connectivity index (χ3v) is 3.04. The van der Waals surface area contributed by atoms with Crippen LogP contribution in [0.2, 0.25) is 0 Å². The van der Waals surface area contributed by atoms with Crippen LogP contribution in [0.15, 0.2) is 0 Å². The fraction of sp³-hybridized carbons (Fsp3) is 0.625. The molecule has 8 heteroatoms. The maximum atomic E-state index is 11.6. The summed E-state index contributed by atoms with van der Waals surface area (Å²) in [6, 6.07) is 0. The van der Waals surface area contributed by atoms with Crippen molar-refractivity contribution >= 4 is 34.4 Å². The summed E-state index contributed by atoms with van der Waals surface area (Å²) < 4.78 is 11.1. The number of amides is 1. The van der Waals surface area contributed by atoms with E-state index in [9.17, 15) is 14.4 Å². The maximum Gasteiger partial charge on any atom is 0.367 e. The van der Waals surface area contributed by atoms with Crippen molar-refractivity contribution in [2.24, 2.45) is 0 Å². The van der Waals surface area contributed by atoms with Gasteiger partial charge in [-0.3, -0.25) is 9.59 Å². The van der Waals surface area contributed by atoms with Crippen LogP contribution in [0.3, 0.4) is 0 Å². The molecule has 7 nitrogen and oxygen atoms in total. The van der Waals surface area contributed by atoms with Gasteiger partial charge >= 0.3 is 28.4 Å². The Morgan fingerprint density at radius 3 is 2.81 bits per heavy atom. The molecule has 16 heavy (non-hydrogen) atoms. The first-order chi connectivity index (χ1) is 7.43. The Balaban J connectivity index is 2.80. The molecule has 1 saturated heterocycles. The van der Waals surface area contributed by atoms with E-state index in [1.54, 1.807) is 0 Å². The van der Waals surface area contributed by atoms with Gasteiger partial charge < -0.3 is 18.5 Å². The molecule has 88 valence electrons. The first-order valence-electron chi connectivity index (χ1n) is 4.70. The van der Waals surface area contributed by atoms with Crippen molar-refractivity contribution < 1.29 is 29.0 Å². The minimum Gasteiger partial charge on any atom is -0.478 e. The van der Waals surface area contributed by atoms with Crippen LogP contribution in [0, 0.1) is 0 Å². The second-order valence-corrected chi connectivity index (χ2v) is 4.50. The Kier molecular flexibility index (Phi) is 4.29. The quantitative estimate of drug-likeness (QED) is 0.447. The molecule has 1 N–H and O–H groups in total. The Morgan fingerprint density at radius 2 is 2.31 bits per heavy atom. The molecule has 0 spiro atoms. The predicted octanol–water partition coefficient (Wildman–Crippen LogP) is -2.22. The van der Waals surface area contributed by atoms with E-state index in [1.165, 1.54) is 3.88 Å². The van der Waals surface area contributed by atoms with Crippen LogP contribution in [0.5, 0.6) is 0 Å². The topological polar surface area (TPSA) is 93.1 Å². The van der Waals surface area contributed by atoms with Crippen LogP contribution in [0.4, 0.5) is 0 Å². The summed E-state index contributed by atoms with van der Waals surface area (Å²) >= 11 is 0.484. The minimum atomic E-state index is -1.57. The SMILES string of the molecule is CC(=O)O[C@@H](C(=O)O)[C@H]1OCC[N]([AlH2])C1=O. The second-order valence-electron chi connectivity index (χ2n) is 3.42. The molecular formula is C8H12AlNO6. The van der Waals surface area contributed by atoms with Gasteiger partial charge in [0.2, 0.25) is 12.0 Å².